The van der Waals surface area contributed by atoms with Gasteiger partial charge in [-0.05, 0) is 26.3 Å². The number of rotatable bonds is 4. The Kier molecular flexibility index (Phi) is 4.92. The molecule has 1 amide bonds. The molecule has 1 aromatic carbocycles. The van der Waals surface area contributed by atoms with Crippen LogP contribution in [0, 0.1) is 0 Å². The fourth-order valence-corrected chi connectivity index (χ4v) is 1.52. The van der Waals surface area contributed by atoms with Gasteiger partial charge >= 0.3 is 6.09 Å². The van der Waals surface area contributed by atoms with Crippen LogP contribution in [0.2, 0.25) is 0 Å². The van der Waals surface area contributed by atoms with Gasteiger partial charge in [0.05, 0.1) is 5.97 Å². The molecule has 5 heteroatoms. The lowest BCUT2D eigenvalue weighted by molar-refractivity contribution is -0.307. The number of carboxylic acid groups (broad SMARTS) is 1. The molecule has 0 fully saturated rings. The SMILES string of the molecule is CC(C)(C)OC(=O)NC[C@@H](C(=O)[O-])c1ccccc1. The minimum Gasteiger partial charge on any atom is -0.549 e. The summed E-state index contributed by atoms with van der Waals surface area (Å²) in [6.45, 7) is 5.14. The molecular formula is C14H18NO4-. The smallest absolute Gasteiger partial charge is 0.407 e. The van der Waals surface area contributed by atoms with Gasteiger partial charge in [0.1, 0.15) is 5.60 Å². The fourth-order valence-electron chi connectivity index (χ4n) is 1.52. The van der Waals surface area contributed by atoms with E-state index < -0.39 is 23.6 Å². The zero-order valence-electron chi connectivity index (χ0n) is 11.3. The summed E-state index contributed by atoms with van der Waals surface area (Å²) in [5.74, 6) is -2.13. The summed E-state index contributed by atoms with van der Waals surface area (Å²) in [4.78, 5) is 22.6. The second-order valence-electron chi connectivity index (χ2n) is 5.17. The van der Waals surface area contributed by atoms with Gasteiger partial charge in [0.25, 0.3) is 0 Å². The molecule has 0 saturated heterocycles. The summed E-state index contributed by atoms with van der Waals surface area (Å²) in [6, 6.07) is 8.61. The van der Waals surface area contributed by atoms with Gasteiger partial charge in [-0.15, -0.1) is 0 Å². The normalized spacial score (nSPS) is 12.6. The molecule has 0 heterocycles. The van der Waals surface area contributed by atoms with Crippen molar-refractivity contribution in [2.24, 2.45) is 0 Å². The van der Waals surface area contributed by atoms with Gasteiger partial charge in [0.15, 0.2) is 0 Å². The third kappa shape index (κ3) is 5.42. The minimum absolute atomic E-state index is 0.0682. The molecule has 0 aromatic heterocycles. The van der Waals surface area contributed by atoms with Gasteiger partial charge in [0.2, 0.25) is 0 Å². The third-order valence-electron chi connectivity index (χ3n) is 2.34. The van der Waals surface area contributed by atoms with Crippen LogP contribution in [0.1, 0.15) is 32.3 Å². The molecule has 19 heavy (non-hydrogen) atoms. The molecule has 104 valence electrons. The van der Waals surface area contributed by atoms with E-state index >= 15 is 0 Å². The highest BCUT2D eigenvalue weighted by atomic mass is 16.6. The number of nitrogens with one attached hydrogen (secondary N) is 1. The van der Waals surface area contributed by atoms with Gasteiger partial charge in [0, 0.05) is 12.5 Å². The number of hydrogen-bond donors (Lipinski definition) is 1. The molecule has 0 saturated carbocycles. The molecule has 0 aliphatic heterocycles. The Morgan fingerprint density at radius 3 is 2.32 bits per heavy atom. The number of aliphatic carboxylic acids is 1. The Morgan fingerprint density at radius 1 is 1.26 bits per heavy atom. The first-order valence-corrected chi connectivity index (χ1v) is 6.02. The van der Waals surface area contributed by atoms with E-state index in [-0.39, 0.29) is 6.54 Å². The Balaban J connectivity index is 2.62. The van der Waals surface area contributed by atoms with Crippen LogP contribution in [-0.4, -0.2) is 24.2 Å². The first kappa shape index (κ1) is 15.0. The van der Waals surface area contributed by atoms with E-state index in [9.17, 15) is 14.7 Å². The van der Waals surface area contributed by atoms with E-state index in [1.165, 1.54) is 0 Å². The number of ether oxygens (including phenoxy) is 1. The van der Waals surface area contributed by atoms with Crippen molar-refractivity contribution in [3.63, 3.8) is 0 Å². The van der Waals surface area contributed by atoms with E-state index in [2.05, 4.69) is 5.32 Å². The fraction of sp³-hybridized carbons (Fsp3) is 0.429. The predicted molar refractivity (Wildman–Crippen MR) is 68.4 cm³/mol. The van der Waals surface area contributed by atoms with Gasteiger partial charge < -0.3 is 20.0 Å². The molecule has 5 nitrogen and oxygen atoms in total. The number of amides is 1. The summed E-state index contributed by atoms with van der Waals surface area (Å²) in [7, 11) is 0. The Bertz CT molecular complexity index is 437. The molecule has 1 rings (SSSR count). The summed E-state index contributed by atoms with van der Waals surface area (Å²) < 4.78 is 5.04. The topological polar surface area (TPSA) is 78.5 Å². The number of carbonyl (C=O) groups excluding carboxylic acids is 2. The molecule has 0 unspecified atom stereocenters. The van der Waals surface area contributed by atoms with Crippen LogP contribution in [-0.2, 0) is 9.53 Å². The second-order valence-corrected chi connectivity index (χ2v) is 5.17. The van der Waals surface area contributed by atoms with Crippen LogP contribution in [0.15, 0.2) is 30.3 Å². The zero-order valence-corrected chi connectivity index (χ0v) is 11.3. The average Bonchev–Trinajstić information content (AvgIpc) is 2.27. The first-order chi connectivity index (χ1) is 8.79. The average molecular weight is 264 g/mol. The first-order valence-electron chi connectivity index (χ1n) is 6.02. The molecule has 0 spiro atoms. The minimum atomic E-state index is -1.23. The lowest BCUT2D eigenvalue weighted by Crippen LogP contribution is -2.40. The van der Waals surface area contributed by atoms with E-state index in [0.29, 0.717) is 5.56 Å². The number of carbonyl (C=O) groups is 2. The largest absolute Gasteiger partial charge is 0.549 e. The van der Waals surface area contributed by atoms with Crippen molar-refractivity contribution >= 4 is 12.1 Å². The summed E-state index contributed by atoms with van der Waals surface area (Å²) >= 11 is 0. The van der Waals surface area contributed by atoms with Crippen LogP contribution >= 0.6 is 0 Å². The van der Waals surface area contributed by atoms with Gasteiger partial charge in [-0.25, -0.2) is 4.79 Å². The highest BCUT2D eigenvalue weighted by Gasteiger charge is 2.18. The summed E-state index contributed by atoms with van der Waals surface area (Å²) in [6.07, 6.45) is -0.644. The van der Waals surface area contributed by atoms with Gasteiger partial charge in [-0.1, -0.05) is 30.3 Å². The highest BCUT2D eigenvalue weighted by Crippen LogP contribution is 2.14. The number of benzene rings is 1. The molecule has 1 N–H and O–H groups in total. The van der Waals surface area contributed by atoms with Crippen molar-refractivity contribution in [3.8, 4) is 0 Å². The molecule has 0 aliphatic carbocycles. The van der Waals surface area contributed by atoms with E-state index in [1.54, 1.807) is 51.1 Å². The Hall–Kier alpha value is -2.04. The van der Waals surface area contributed by atoms with Gasteiger partial charge in [-0.3, -0.25) is 0 Å². The van der Waals surface area contributed by atoms with E-state index in [0.717, 1.165) is 0 Å². The molecule has 1 aromatic rings. The maximum absolute atomic E-state index is 11.5. The molecule has 0 aliphatic rings. The van der Waals surface area contributed by atoms with E-state index in [1.807, 2.05) is 0 Å². The Labute approximate surface area is 112 Å². The molecule has 0 radical (unpaired) electrons. The molecule has 0 bridgehead atoms. The standard InChI is InChI=1S/C14H19NO4/c1-14(2,3)19-13(18)15-9-11(12(16)17)10-7-5-4-6-8-10/h4-8,11H,9H2,1-3H3,(H,15,18)(H,16,17)/p-1/t11-/m1/s1. The van der Waals surface area contributed by atoms with Gasteiger partial charge in [-0.2, -0.15) is 0 Å². The monoisotopic (exact) mass is 264 g/mol. The van der Waals surface area contributed by atoms with Crippen molar-refractivity contribution in [3.05, 3.63) is 35.9 Å². The van der Waals surface area contributed by atoms with Crippen LogP contribution in [0.25, 0.3) is 0 Å². The zero-order chi connectivity index (χ0) is 14.5. The van der Waals surface area contributed by atoms with Crippen molar-refractivity contribution < 1.29 is 19.4 Å². The quantitative estimate of drug-likeness (QED) is 0.881. The van der Waals surface area contributed by atoms with Crippen LogP contribution < -0.4 is 10.4 Å². The number of hydrogen-bond acceptors (Lipinski definition) is 4. The number of carboxylic acids is 1. The maximum Gasteiger partial charge on any atom is 0.407 e. The van der Waals surface area contributed by atoms with E-state index in [4.69, 9.17) is 4.74 Å². The van der Waals surface area contributed by atoms with Crippen LogP contribution in [0.5, 0.6) is 0 Å². The van der Waals surface area contributed by atoms with Crippen molar-refractivity contribution in [1.82, 2.24) is 5.32 Å². The molecular weight excluding hydrogens is 246 g/mol. The lowest BCUT2D eigenvalue weighted by atomic mass is 9.99. The molecule has 1 atom stereocenters. The maximum atomic E-state index is 11.5. The summed E-state index contributed by atoms with van der Waals surface area (Å²) in [5.41, 5.74) is -0.0353. The number of alkyl carbamates (subject to hydrolysis) is 1. The third-order valence-corrected chi connectivity index (χ3v) is 2.34. The van der Waals surface area contributed by atoms with Crippen LogP contribution in [0.3, 0.4) is 0 Å². The predicted octanol–water partition coefficient (Wildman–Crippen LogP) is 1.04. The Morgan fingerprint density at radius 2 is 1.84 bits per heavy atom. The van der Waals surface area contributed by atoms with Crippen LogP contribution in [0.4, 0.5) is 4.79 Å². The lowest BCUT2D eigenvalue weighted by Gasteiger charge is -2.22. The summed E-state index contributed by atoms with van der Waals surface area (Å²) in [5, 5.41) is 13.5. The second kappa shape index (κ2) is 6.22. The van der Waals surface area contributed by atoms with Crippen molar-refractivity contribution in [2.45, 2.75) is 32.3 Å². The van der Waals surface area contributed by atoms with Crippen molar-refractivity contribution in [2.75, 3.05) is 6.54 Å². The van der Waals surface area contributed by atoms with Crippen molar-refractivity contribution in [1.29, 1.82) is 0 Å². The highest BCUT2D eigenvalue weighted by molar-refractivity contribution is 5.76.